The third kappa shape index (κ3) is 7.40. The van der Waals surface area contributed by atoms with Gasteiger partial charge >= 0.3 is 6.03 Å². The van der Waals surface area contributed by atoms with Crippen molar-refractivity contribution in [2.45, 2.75) is 33.2 Å². The number of hydrazine groups is 1. The standard InChI is InChI=1S/C21H25F2N3O3/c1-21(2,3)18(13-29-17-7-5-4-6-16(17)23)24-20(28)26-25-19(27)12-14-8-10-15(22)11-9-14/h4-11,18H,12-13H2,1-3H3,(H,25,27)(H2,24,26,28). The van der Waals surface area contributed by atoms with Crippen LogP contribution in [0.3, 0.4) is 0 Å². The van der Waals surface area contributed by atoms with Crippen molar-refractivity contribution in [1.82, 2.24) is 16.2 Å². The van der Waals surface area contributed by atoms with Gasteiger partial charge < -0.3 is 10.1 Å². The molecule has 2 rings (SSSR count). The lowest BCUT2D eigenvalue weighted by atomic mass is 9.87. The van der Waals surface area contributed by atoms with Gasteiger partial charge in [-0.15, -0.1) is 0 Å². The maximum Gasteiger partial charge on any atom is 0.333 e. The quantitative estimate of drug-likeness (QED) is 0.645. The van der Waals surface area contributed by atoms with Gasteiger partial charge in [-0.3, -0.25) is 10.2 Å². The molecule has 6 nitrogen and oxygen atoms in total. The molecule has 0 spiro atoms. The third-order valence-electron chi connectivity index (χ3n) is 4.19. The number of nitrogens with one attached hydrogen (secondary N) is 3. The fraction of sp³-hybridized carbons (Fsp3) is 0.333. The first kappa shape index (κ1) is 22.1. The van der Waals surface area contributed by atoms with Crippen LogP contribution in [0, 0.1) is 17.0 Å². The summed E-state index contributed by atoms with van der Waals surface area (Å²) in [5, 5.41) is 2.71. The first-order valence-electron chi connectivity index (χ1n) is 9.12. The second-order valence-electron chi connectivity index (χ2n) is 7.61. The van der Waals surface area contributed by atoms with E-state index in [0.717, 1.165) is 0 Å². The van der Waals surface area contributed by atoms with Gasteiger partial charge in [0.15, 0.2) is 11.6 Å². The summed E-state index contributed by atoms with van der Waals surface area (Å²) >= 11 is 0. The molecule has 0 saturated heterocycles. The fourth-order valence-electron chi connectivity index (χ4n) is 2.40. The van der Waals surface area contributed by atoms with Crippen LogP contribution in [0.25, 0.3) is 0 Å². The molecule has 0 radical (unpaired) electrons. The monoisotopic (exact) mass is 405 g/mol. The molecule has 0 aromatic heterocycles. The average Bonchev–Trinajstić information content (AvgIpc) is 2.65. The van der Waals surface area contributed by atoms with Gasteiger partial charge in [0.1, 0.15) is 12.4 Å². The first-order chi connectivity index (χ1) is 13.6. The number of rotatable bonds is 6. The summed E-state index contributed by atoms with van der Waals surface area (Å²) in [6, 6.07) is 10.4. The molecular formula is C21H25F2N3O3. The Bertz CT molecular complexity index is 836. The van der Waals surface area contributed by atoms with Crippen LogP contribution in [0.2, 0.25) is 0 Å². The molecule has 2 aromatic carbocycles. The van der Waals surface area contributed by atoms with E-state index in [4.69, 9.17) is 4.74 Å². The molecule has 0 heterocycles. The molecule has 0 saturated carbocycles. The predicted octanol–water partition coefficient (Wildman–Crippen LogP) is 3.33. The largest absolute Gasteiger partial charge is 0.488 e. The van der Waals surface area contributed by atoms with E-state index in [1.165, 1.54) is 36.4 Å². The summed E-state index contributed by atoms with van der Waals surface area (Å²) in [5.41, 5.74) is 4.78. The second-order valence-corrected chi connectivity index (χ2v) is 7.61. The maximum atomic E-state index is 13.7. The zero-order valence-electron chi connectivity index (χ0n) is 16.6. The molecule has 0 fully saturated rings. The average molecular weight is 405 g/mol. The van der Waals surface area contributed by atoms with Gasteiger partial charge in [-0.05, 0) is 35.2 Å². The zero-order chi connectivity index (χ0) is 21.4. The summed E-state index contributed by atoms with van der Waals surface area (Å²) in [7, 11) is 0. The molecule has 29 heavy (non-hydrogen) atoms. The first-order valence-corrected chi connectivity index (χ1v) is 9.12. The van der Waals surface area contributed by atoms with E-state index in [-0.39, 0.29) is 24.2 Å². The normalized spacial score (nSPS) is 12.0. The van der Waals surface area contributed by atoms with Crippen molar-refractivity contribution in [2.75, 3.05) is 6.61 Å². The summed E-state index contributed by atoms with van der Waals surface area (Å²) in [6.45, 7) is 5.74. The third-order valence-corrected chi connectivity index (χ3v) is 4.19. The second kappa shape index (κ2) is 9.86. The SMILES string of the molecule is CC(C)(C)C(COc1ccccc1F)NC(=O)NNC(=O)Cc1ccc(F)cc1. The Balaban J connectivity index is 1.85. The molecular weight excluding hydrogens is 380 g/mol. The number of carbonyl (C=O) groups excluding carboxylic acids is 2. The van der Waals surface area contributed by atoms with Crippen molar-refractivity contribution in [3.05, 3.63) is 65.7 Å². The molecule has 0 aliphatic rings. The van der Waals surface area contributed by atoms with Gasteiger partial charge in [0.05, 0.1) is 12.5 Å². The molecule has 3 amide bonds. The molecule has 3 N–H and O–H groups in total. The van der Waals surface area contributed by atoms with Gasteiger partial charge in [-0.1, -0.05) is 45.0 Å². The van der Waals surface area contributed by atoms with Crippen LogP contribution in [0.15, 0.2) is 48.5 Å². The van der Waals surface area contributed by atoms with Crippen LogP contribution < -0.4 is 20.9 Å². The molecule has 0 bridgehead atoms. The Kier molecular flexibility index (Phi) is 7.52. The molecule has 1 atom stereocenters. The van der Waals surface area contributed by atoms with E-state index in [2.05, 4.69) is 16.2 Å². The summed E-state index contributed by atoms with van der Waals surface area (Å²) in [6.07, 6.45) is -0.0142. The van der Waals surface area contributed by atoms with Crippen LogP contribution in [0.4, 0.5) is 13.6 Å². The fourth-order valence-corrected chi connectivity index (χ4v) is 2.40. The van der Waals surface area contributed by atoms with Crippen LogP contribution in [-0.4, -0.2) is 24.6 Å². The van der Waals surface area contributed by atoms with Gasteiger partial charge in [-0.2, -0.15) is 0 Å². The molecule has 0 aliphatic heterocycles. The number of hydrogen-bond acceptors (Lipinski definition) is 3. The number of para-hydroxylation sites is 1. The molecule has 1 unspecified atom stereocenters. The maximum absolute atomic E-state index is 13.7. The highest BCUT2D eigenvalue weighted by Crippen LogP contribution is 2.22. The molecule has 156 valence electrons. The minimum Gasteiger partial charge on any atom is -0.488 e. The van der Waals surface area contributed by atoms with Crippen molar-refractivity contribution >= 4 is 11.9 Å². The van der Waals surface area contributed by atoms with Crippen molar-refractivity contribution in [2.24, 2.45) is 5.41 Å². The number of urea groups is 1. The van der Waals surface area contributed by atoms with E-state index >= 15 is 0 Å². The van der Waals surface area contributed by atoms with Crippen molar-refractivity contribution in [3.63, 3.8) is 0 Å². The Hall–Kier alpha value is -3.16. The number of benzene rings is 2. The van der Waals surface area contributed by atoms with Gasteiger partial charge in [0.2, 0.25) is 5.91 Å². The minimum atomic E-state index is -0.630. The smallest absolute Gasteiger partial charge is 0.333 e. The van der Waals surface area contributed by atoms with E-state index < -0.39 is 29.6 Å². The summed E-state index contributed by atoms with van der Waals surface area (Å²) < 4.78 is 32.1. The Morgan fingerprint density at radius 1 is 1.00 bits per heavy atom. The summed E-state index contributed by atoms with van der Waals surface area (Å²) in [4.78, 5) is 24.1. The lowest BCUT2D eigenvalue weighted by Gasteiger charge is -2.31. The summed E-state index contributed by atoms with van der Waals surface area (Å²) in [5.74, 6) is -1.24. The van der Waals surface area contributed by atoms with E-state index in [0.29, 0.717) is 5.56 Å². The number of amides is 3. The minimum absolute atomic E-state index is 0.0142. The van der Waals surface area contributed by atoms with Crippen molar-refractivity contribution < 1.29 is 23.1 Å². The van der Waals surface area contributed by atoms with Crippen LogP contribution in [0.5, 0.6) is 5.75 Å². The topological polar surface area (TPSA) is 79.5 Å². The highest BCUT2D eigenvalue weighted by Gasteiger charge is 2.27. The van der Waals surface area contributed by atoms with E-state index in [1.54, 1.807) is 12.1 Å². The van der Waals surface area contributed by atoms with Gasteiger partial charge in [-0.25, -0.2) is 19.0 Å². The van der Waals surface area contributed by atoms with Crippen molar-refractivity contribution in [3.8, 4) is 5.75 Å². The van der Waals surface area contributed by atoms with Crippen LogP contribution in [0.1, 0.15) is 26.3 Å². The molecule has 8 heteroatoms. The van der Waals surface area contributed by atoms with Crippen LogP contribution in [-0.2, 0) is 11.2 Å². The lowest BCUT2D eigenvalue weighted by molar-refractivity contribution is -0.121. The highest BCUT2D eigenvalue weighted by molar-refractivity contribution is 5.82. The predicted molar refractivity (Wildman–Crippen MR) is 105 cm³/mol. The van der Waals surface area contributed by atoms with Crippen LogP contribution >= 0.6 is 0 Å². The van der Waals surface area contributed by atoms with Gasteiger partial charge in [0, 0.05) is 0 Å². The molecule has 0 aliphatic carbocycles. The van der Waals surface area contributed by atoms with Crippen molar-refractivity contribution in [1.29, 1.82) is 0 Å². The lowest BCUT2D eigenvalue weighted by Crippen LogP contribution is -2.54. The Labute approximate surface area is 168 Å². The molecule has 2 aromatic rings. The number of hydrogen-bond donors (Lipinski definition) is 3. The number of carbonyl (C=O) groups is 2. The van der Waals surface area contributed by atoms with E-state index in [9.17, 15) is 18.4 Å². The highest BCUT2D eigenvalue weighted by atomic mass is 19.1. The number of ether oxygens (including phenoxy) is 1. The Morgan fingerprint density at radius 3 is 2.28 bits per heavy atom. The van der Waals surface area contributed by atoms with Gasteiger partial charge in [0.25, 0.3) is 0 Å². The number of halogens is 2. The van der Waals surface area contributed by atoms with E-state index in [1.807, 2.05) is 20.8 Å². The Morgan fingerprint density at radius 2 is 1.66 bits per heavy atom. The zero-order valence-corrected chi connectivity index (χ0v) is 16.6.